The highest BCUT2D eigenvalue weighted by atomic mass is 16.6. The lowest BCUT2D eigenvalue weighted by Crippen LogP contribution is -2.11. The molecule has 0 unspecified atom stereocenters. The second kappa shape index (κ2) is 22.4. The zero-order valence-electron chi connectivity index (χ0n) is 23.9. The van der Waals surface area contributed by atoms with E-state index in [1.165, 1.54) is 74.4 Å². The summed E-state index contributed by atoms with van der Waals surface area (Å²) in [4.78, 5) is 58.9. The van der Waals surface area contributed by atoms with Crippen LogP contribution >= 0.6 is 0 Å². The molecule has 44 heavy (non-hydrogen) atoms. The van der Waals surface area contributed by atoms with E-state index in [2.05, 4.69) is 49.7 Å². The van der Waals surface area contributed by atoms with Crippen molar-refractivity contribution in [1.29, 1.82) is 0 Å². The number of carbonyl (C=O) groups is 4. The summed E-state index contributed by atoms with van der Waals surface area (Å²) in [6.07, 6.45) is 32.4. The largest absolute Gasteiger partial charge is 0.445 e. The lowest BCUT2D eigenvalue weighted by Gasteiger charge is -1.99. The summed E-state index contributed by atoms with van der Waals surface area (Å²) in [7, 11) is 0. The van der Waals surface area contributed by atoms with Crippen LogP contribution in [0.3, 0.4) is 0 Å². The summed E-state index contributed by atoms with van der Waals surface area (Å²) in [5, 5.41) is 0. The van der Waals surface area contributed by atoms with Gasteiger partial charge in [0.05, 0.1) is 0 Å². The van der Waals surface area contributed by atoms with E-state index in [0.29, 0.717) is 19.3 Å². The minimum absolute atomic E-state index is 0.0135. The van der Waals surface area contributed by atoms with Crippen molar-refractivity contribution in [2.24, 2.45) is 0 Å². The number of terminal acetylenes is 2. The highest BCUT2D eigenvalue weighted by Gasteiger charge is 2.03. The Bertz CT molecular complexity index is 1360. The molecule has 0 aromatic carbocycles. The van der Waals surface area contributed by atoms with Gasteiger partial charge in [-0.2, -0.15) is 0 Å². The number of rotatable bonds is 8. The van der Waals surface area contributed by atoms with Gasteiger partial charge in [-0.3, -0.25) is 18.7 Å². The van der Waals surface area contributed by atoms with Gasteiger partial charge in [-0.1, -0.05) is 24.7 Å². The van der Waals surface area contributed by atoms with Crippen LogP contribution in [0.1, 0.15) is 35.3 Å². The molecule has 4 rings (SSSR count). The van der Waals surface area contributed by atoms with E-state index < -0.39 is 12.2 Å². The van der Waals surface area contributed by atoms with Gasteiger partial charge in [0.15, 0.2) is 6.61 Å². The van der Waals surface area contributed by atoms with E-state index in [0.717, 1.165) is 6.42 Å². The molecule has 0 aliphatic carbocycles. The molecule has 0 saturated heterocycles. The molecule has 0 amide bonds. The van der Waals surface area contributed by atoms with Gasteiger partial charge in [0, 0.05) is 68.8 Å². The van der Waals surface area contributed by atoms with E-state index in [1.54, 1.807) is 30.9 Å². The van der Waals surface area contributed by atoms with Crippen LogP contribution in [0.2, 0.25) is 0 Å². The number of hydrogen-bond donors (Lipinski definition) is 0. The first-order valence-electron chi connectivity index (χ1n) is 12.8. The third-order valence-electron chi connectivity index (χ3n) is 4.66. The van der Waals surface area contributed by atoms with Crippen LogP contribution in [-0.2, 0) is 9.47 Å². The maximum Gasteiger partial charge on any atom is 0.420 e. The molecule has 0 N–H and O–H groups in total. The fourth-order valence-corrected chi connectivity index (χ4v) is 2.59. The molecule has 14 heteroatoms. The molecule has 0 atom stereocenters. The number of imidazole rings is 4. The van der Waals surface area contributed by atoms with E-state index in [4.69, 9.17) is 17.6 Å². The van der Waals surface area contributed by atoms with Crippen LogP contribution in [0.25, 0.3) is 0 Å². The van der Waals surface area contributed by atoms with E-state index in [-0.39, 0.29) is 25.0 Å². The molecular weight excluding hydrogens is 568 g/mol. The fraction of sp³-hybridized carbons (Fsp3) is 0.200. The molecule has 0 aliphatic heterocycles. The second-order valence-corrected chi connectivity index (χ2v) is 7.82. The van der Waals surface area contributed by atoms with Crippen molar-refractivity contribution in [2.75, 3.05) is 13.2 Å². The SMILES string of the molecule is C#CCCC(=O)n1ccnc1.C#CCOC(=O)n1ccnc1.C=CCCC(=O)n1ccnc1.C=CCOC(=O)n1ccnc1. The number of aromatic nitrogens is 8. The molecule has 0 fully saturated rings. The molecule has 0 radical (unpaired) electrons. The summed E-state index contributed by atoms with van der Waals surface area (Å²) < 4.78 is 14.6. The van der Waals surface area contributed by atoms with Gasteiger partial charge in [0.1, 0.15) is 31.9 Å². The first-order chi connectivity index (χ1) is 21.4. The number of carbonyl (C=O) groups excluding carboxylic acids is 4. The second-order valence-electron chi connectivity index (χ2n) is 7.82. The molecule has 0 spiro atoms. The Balaban J connectivity index is 0.000000293. The smallest absolute Gasteiger partial charge is 0.420 e. The Morgan fingerprint density at radius 3 is 1.50 bits per heavy atom. The summed E-state index contributed by atoms with van der Waals surface area (Å²) >= 11 is 0. The summed E-state index contributed by atoms with van der Waals surface area (Å²) in [6.45, 7) is 7.15. The fourth-order valence-electron chi connectivity index (χ4n) is 2.59. The molecule has 228 valence electrons. The van der Waals surface area contributed by atoms with Crippen LogP contribution in [0.4, 0.5) is 9.59 Å². The number of nitrogens with zero attached hydrogens (tertiary/aromatic N) is 8. The van der Waals surface area contributed by atoms with Gasteiger partial charge >= 0.3 is 12.2 Å². The van der Waals surface area contributed by atoms with Gasteiger partial charge in [-0.25, -0.2) is 38.7 Å². The minimum Gasteiger partial charge on any atom is -0.445 e. The zero-order valence-corrected chi connectivity index (χ0v) is 23.9. The van der Waals surface area contributed by atoms with Crippen molar-refractivity contribution in [3.05, 3.63) is 100 Å². The first kappa shape index (κ1) is 35.7. The summed E-state index contributed by atoms with van der Waals surface area (Å²) in [5.74, 6) is 4.63. The van der Waals surface area contributed by atoms with Gasteiger partial charge in [-0.15, -0.1) is 25.3 Å². The quantitative estimate of drug-likeness (QED) is 0.214. The Morgan fingerprint density at radius 2 is 1.11 bits per heavy atom. The topological polar surface area (TPSA) is 158 Å². The average Bonchev–Trinajstić information content (AvgIpc) is 3.88. The first-order valence-corrected chi connectivity index (χ1v) is 12.8. The van der Waals surface area contributed by atoms with Crippen molar-refractivity contribution < 1.29 is 28.7 Å². The summed E-state index contributed by atoms with van der Waals surface area (Å²) in [6, 6.07) is 0. The molecule has 4 aromatic rings. The van der Waals surface area contributed by atoms with E-state index in [9.17, 15) is 19.2 Å². The molecule has 0 aliphatic rings. The molecule has 4 aromatic heterocycles. The third-order valence-corrected chi connectivity index (χ3v) is 4.66. The Hall–Kier alpha value is -6.28. The number of hydrogen-bond acceptors (Lipinski definition) is 10. The summed E-state index contributed by atoms with van der Waals surface area (Å²) in [5.41, 5.74) is 0. The Morgan fingerprint density at radius 1 is 0.659 bits per heavy atom. The Labute approximate surface area is 254 Å². The number of allylic oxidation sites excluding steroid dienone is 1. The van der Waals surface area contributed by atoms with E-state index in [1.807, 2.05) is 0 Å². The predicted octanol–water partition coefficient (Wildman–Crippen LogP) is 3.98. The molecule has 14 nitrogen and oxygen atoms in total. The zero-order chi connectivity index (χ0) is 32.4. The van der Waals surface area contributed by atoms with Crippen LogP contribution < -0.4 is 0 Å². The monoisotopic (exact) mass is 600 g/mol. The van der Waals surface area contributed by atoms with Crippen molar-refractivity contribution in [2.45, 2.75) is 25.7 Å². The van der Waals surface area contributed by atoms with Crippen LogP contribution in [0.5, 0.6) is 0 Å². The van der Waals surface area contributed by atoms with Crippen molar-refractivity contribution in [1.82, 2.24) is 38.2 Å². The van der Waals surface area contributed by atoms with Crippen LogP contribution in [-0.4, -0.2) is 75.4 Å². The lowest BCUT2D eigenvalue weighted by atomic mass is 10.3. The molecule has 4 heterocycles. The van der Waals surface area contributed by atoms with Crippen LogP contribution in [0, 0.1) is 24.7 Å². The molecule has 0 saturated carbocycles. The standard InChI is InChI=1S/C8H10N2O.C8H8N2O.C7H8N2O2.C7H6N2O2/c2*1-2-3-4-8(11)10-6-5-9-7-10;2*1-2-5-11-7(10)9-4-3-8-6-9/h2,5-7H,1,3-4H2;1,5-7H,3-4H2;2-4,6H,1,5H2;1,3-4,6H,5H2. The van der Waals surface area contributed by atoms with Gasteiger partial charge < -0.3 is 9.47 Å². The third kappa shape index (κ3) is 14.9. The van der Waals surface area contributed by atoms with Gasteiger partial charge in [0.2, 0.25) is 11.8 Å². The normalized spacial score (nSPS) is 9.05. The minimum atomic E-state index is -0.513. The van der Waals surface area contributed by atoms with Crippen LogP contribution in [0.15, 0.2) is 100 Å². The van der Waals surface area contributed by atoms with E-state index >= 15 is 0 Å². The van der Waals surface area contributed by atoms with Crippen molar-refractivity contribution >= 4 is 24.0 Å². The van der Waals surface area contributed by atoms with Crippen molar-refractivity contribution in [3.8, 4) is 24.7 Å². The Kier molecular flexibility index (Phi) is 18.2. The number of ether oxygens (including phenoxy) is 2. The average molecular weight is 601 g/mol. The van der Waals surface area contributed by atoms with Crippen molar-refractivity contribution in [3.63, 3.8) is 0 Å². The maximum atomic E-state index is 11.1. The highest BCUT2D eigenvalue weighted by Crippen LogP contribution is 1.96. The molecule has 0 bridgehead atoms. The highest BCUT2D eigenvalue weighted by molar-refractivity contribution is 5.79. The molecular formula is C30H32N8O6. The predicted molar refractivity (Wildman–Crippen MR) is 160 cm³/mol. The maximum absolute atomic E-state index is 11.1. The lowest BCUT2D eigenvalue weighted by molar-refractivity contribution is 0.0896. The van der Waals surface area contributed by atoms with Gasteiger partial charge in [-0.05, 0) is 6.42 Å². The van der Waals surface area contributed by atoms with Gasteiger partial charge in [0.25, 0.3) is 0 Å².